The Labute approximate surface area is 168 Å². The minimum atomic E-state index is -2.18. The number of carbonyl (C=O) groups excluding carboxylic acids is 2. The van der Waals surface area contributed by atoms with Crippen LogP contribution in [0, 0.1) is 0 Å². The zero-order valence-electron chi connectivity index (χ0n) is 14.8. The van der Waals surface area contributed by atoms with E-state index < -0.39 is 15.6 Å². The Morgan fingerprint density at radius 2 is 1.68 bits per heavy atom. The van der Waals surface area contributed by atoms with Crippen LogP contribution < -0.4 is 9.64 Å². The first-order chi connectivity index (χ1) is 11.4. The summed E-state index contributed by atoms with van der Waals surface area (Å²) in [6.45, 7) is 7.88. The molecule has 0 aliphatic carbocycles. The molecule has 25 heavy (non-hydrogen) atoms. The van der Waals surface area contributed by atoms with Crippen molar-refractivity contribution >= 4 is 63.2 Å². The van der Waals surface area contributed by atoms with Crippen molar-refractivity contribution in [2.24, 2.45) is 0 Å². The normalized spacial score (nSPS) is 13.3. The van der Waals surface area contributed by atoms with Crippen LogP contribution >= 0.6 is 46.6 Å². The average molecular weight is 427 g/mol. The van der Waals surface area contributed by atoms with Crippen LogP contribution in [-0.4, -0.2) is 39.1 Å². The highest BCUT2D eigenvalue weighted by atomic mass is 35.6. The van der Waals surface area contributed by atoms with E-state index in [2.05, 4.69) is 0 Å². The van der Waals surface area contributed by atoms with Gasteiger partial charge in [-0.05, 0) is 31.2 Å². The molecule has 0 aromatic heterocycles. The maximum Gasteiger partial charge on any atom is 0.251 e. The van der Waals surface area contributed by atoms with E-state index in [-0.39, 0.29) is 9.86 Å². The number of ether oxygens (including phenoxy) is 1. The number of alkyl halides is 3. The van der Waals surface area contributed by atoms with Crippen LogP contribution in [0.25, 0.3) is 0 Å². The molecule has 0 aliphatic heterocycles. The Balaban J connectivity index is 3.30. The first kappa shape index (κ1) is 22.4. The summed E-state index contributed by atoms with van der Waals surface area (Å²) in [5, 5.41) is -0.360. The van der Waals surface area contributed by atoms with Gasteiger partial charge in [0, 0.05) is 17.0 Å². The molecule has 0 N–H and O–H groups in total. The lowest BCUT2D eigenvalue weighted by atomic mass is 10.1. The standard InChI is InChI=1S/C17H22Cl3NO3S/c1-6-21(11-7-9-12(24-5)10-8-11)13(14(22)17(18,19)20)15(23)25-16(2,3)4/h7-10,13H,6H2,1-5H3. The Hall–Kier alpha value is -0.620. The van der Waals surface area contributed by atoms with E-state index in [4.69, 9.17) is 39.5 Å². The summed E-state index contributed by atoms with van der Waals surface area (Å²) in [5.41, 5.74) is 0.666. The third-order valence-corrected chi connectivity index (χ3v) is 4.81. The van der Waals surface area contributed by atoms with Crippen LogP contribution in [0.5, 0.6) is 5.75 Å². The van der Waals surface area contributed by atoms with Gasteiger partial charge in [-0.25, -0.2) is 0 Å². The number of halogens is 3. The molecule has 0 fully saturated rings. The molecular formula is C17H22Cl3NO3S. The third-order valence-electron chi connectivity index (χ3n) is 3.21. The maximum atomic E-state index is 12.8. The van der Waals surface area contributed by atoms with Crippen molar-refractivity contribution in [2.45, 2.75) is 42.3 Å². The second-order valence-corrected chi connectivity index (χ2v) is 10.4. The van der Waals surface area contributed by atoms with Crippen LogP contribution in [0.2, 0.25) is 0 Å². The number of nitrogens with zero attached hydrogens (tertiary/aromatic N) is 1. The average Bonchev–Trinajstić information content (AvgIpc) is 2.49. The number of benzene rings is 1. The molecular weight excluding hydrogens is 405 g/mol. The van der Waals surface area contributed by atoms with Crippen molar-refractivity contribution in [3.8, 4) is 5.75 Å². The number of Topliss-reactive ketones (excluding diaryl/α,β-unsaturated/α-hetero) is 1. The summed E-state index contributed by atoms with van der Waals surface area (Å²) in [6, 6.07) is 5.81. The summed E-state index contributed by atoms with van der Waals surface area (Å²) >= 11 is 18.5. The highest BCUT2D eigenvalue weighted by molar-refractivity contribution is 8.15. The molecule has 1 atom stereocenters. The highest BCUT2D eigenvalue weighted by Crippen LogP contribution is 2.35. The fourth-order valence-electron chi connectivity index (χ4n) is 2.18. The van der Waals surface area contributed by atoms with E-state index in [0.29, 0.717) is 18.0 Å². The van der Waals surface area contributed by atoms with E-state index >= 15 is 0 Å². The highest BCUT2D eigenvalue weighted by Gasteiger charge is 2.44. The smallest absolute Gasteiger partial charge is 0.251 e. The second-order valence-electron chi connectivity index (χ2n) is 6.28. The summed E-state index contributed by atoms with van der Waals surface area (Å²) in [6.07, 6.45) is 0. The Bertz CT molecular complexity index is 609. The largest absolute Gasteiger partial charge is 0.497 e. The number of carbonyl (C=O) groups is 2. The molecule has 1 unspecified atom stereocenters. The number of anilines is 1. The topological polar surface area (TPSA) is 46.6 Å². The van der Waals surface area contributed by atoms with Gasteiger partial charge in [-0.1, -0.05) is 67.3 Å². The Kier molecular flexibility index (Phi) is 7.94. The molecule has 8 heteroatoms. The Morgan fingerprint density at radius 3 is 2.04 bits per heavy atom. The quantitative estimate of drug-likeness (QED) is 0.479. The summed E-state index contributed by atoms with van der Waals surface area (Å²) in [5.74, 6) is -0.101. The fraction of sp³-hybridized carbons (Fsp3) is 0.529. The van der Waals surface area contributed by atoms with Crippen molar-refractivity contribution in [1.29, 1.82) is 0 Å². The lowest BCUT2D eigenvalue weighted by molar-refractivity contribution is -0.124. The number of hydrogen-bond donors (Lipinski definition) is 0. The van der Waals surface area contributed by atoms with Gasteiger partial charge in [-0.15, -0.1) is 0 Å². The second kappa shape index (κ2) is 8.85. The molecule has 0 saturated carbocycles. The van der Waals surface area contributed by atoms with Crippen molar-refractivity contribution in [3.05, 3.63) is 24.3 Å². The van der Waals surface area contributed by atoms with E-state index in [1.807, 2.05) is 27.7 Å². The third kappa shape index (κ3) is 6.55. The molecule has 4 nitrogen and oxygen atoms in total. The van der Waals surface area contributed by atoms with Gasteiger partial charge in [0.15, 0.2) is 6.04 Å². The van der Waals surface area contributed by atoms with Crippen LogP contribution in [-0.2, 0) is 9.59 Å². The summed E-state index contributed by atoms with van der Waals surface area (Å²) in [7, 11) is 1.56. The molecule has 0 aliphatic rings. The van der Waals surface area contributed by atoms with Gasteiger partial charge in [-0.3, -0.25) is 9.59 Å². The molecule has 0 amide bonds. The lowest BCUT2D eigenvalue weighted by Crippen LogP contribution is -2.51. The Morgan fingerprint density at radius 1 is 1.16 bits per heavy atom. The molecule has 1 aromatic rings. The van der Waals surface area contributed by atoms with E-state index in [1.54, 1.807) is 36.3 Å². The van der Waals surface area contributed by atoms with Gasteiger partial charge in [-0.2, -0.15) is 0 Å². The van der Waals surface area contributed by atoms with Crippen LogP contribution in [0.15, 0.2) is 24.3 Å². The summed E-state index contributed by atoms with van der Waals surface area (Å²) in [4.78, 5) is 27.2. The molecule has 140 valence electrons. The van der Waals surface area contributed by atoms with Gasteiger partial charge < -0.3 is 9.64 Å². The molecule has 1 rings (SSSR count). The molecule has 0 bridgehead atoms. The number of likely N-dealkylation sites (N-methyl/N-ethyl adjacent to an activating group) is 1. The van der Waals surface area contributed by atoms with E-state index in [0.717, 1.165) is 11.8 Å². The maximum absolute atomic E-state index is 12.8. The van der Waals surface area contributed by atoms with E-state index in [1.165, 1.54) is 0 Å². The monoisotopic (exact) mass is 425 g/mol. The van der Waals surface area contributed by atoms with Crippen molar-refractivity contribution in [1.82, 2.24) is 0 Å². The molecule has 0 spiro atoms. The van der Waals surface area contributed by atoms with Crippen LogP contribution in [0.1, 0.15) is 27.7 Å². The first-order valence-electron chi connectivity index (χ1n) is 7.65. The van der Waals surface area contributed by atoms with Gasteiger partial charge in [0.1, 0.15) is 5.75 Å². The van der Waals surface area contributed by atoms with Gasteiger partial charge in [0.05, 0.1) is 7.11 Å². The van der Waals surface area contributed by atoms with Gasteiger partial charge in [0.2, 0.25) is 10.9 Å². The number of ketones is 1. The lowest BCUT2D eigenvalue weighted by Gasteiger charge is -2.33. The SMILES string of the molecule is CCN(c1ccc(OC)cc1)C(C(=O)SC(C)(C)C)C(=O)C(Cl)(Cl)Cl. The minimum Gasteiger partial charge on any atom is -0.497 e. The van der Waals surface area contributed by atoms with E-state index in [9.17, 15) is 9.59 Å². The summed E-state index contributed by atoms with van der Waals surface area (Å²) < 4.78 is 2.58. The van der Waals surface area contributed by atoms with Crippen LogP contribution in [0.3, 0.4) is 0 Å². The van der Waals surface area contributed by atoms with Gasteiger partial charge in [0.25, 0.3) is 3.79 Å². The number of methoxy groups -OCH3 is 1. The van der Waals surface area contributed by atoms with Crippen LogP contribution in [0.4, 0.5) is 5.69 Å². The van der Waals surface area contributed by atoms with Crippen molar-refractivity contribution in [2.75, 3.05) is 18.6 Å². The molecule has 0 saturated heterocycles. The predicted molar refractivity (Wildman–Crippen MR) is 107 cm³/mol. The minimum absolute atomic E-state index is 0.360. The fourth-order valence-corrected chi connectivity index (χ4v) is 3.44. The van der Waals surface area contributed by atoms with Crippen molar-refractivity contribution < 1.29 is 14.3 Å². The molecule has 0 heterocycles. The number of hydrogen-bond acceptors (Lipinski definition) is 5. The number of thioether (sulfide) groups is 1. The predicted octanol–water partition coefficient (Wildman–Crippen LogP) is 4.89. The number of rotatable bonds is 6. The zero-order valence-corrected chi connectivity index (χ0v) is 17.9. The zero-order chi connectivity index (χ0) is 19.4. The molecule has 0 radical (unpaired) electrons. The first-order valence-corrected chi connectivity index (χ1v) is 9.60. The van der Waals surface area contributed by atoms with Crippen molar-refractivity contribution in [3.63, 3.8) is 0 Å². The molecule has 1 aromatic carbocycles. The van der Waals surface area contributed by atoms with Gasteiger partial charge >= 0.3 is 0 Å².